The molecule has 2 saturated heterocycles. The van der Waals surface area contributed by atoms with E-state index in [0.717, 1.165) is 47.6 Å². The summed E-state index contributed by atoms with van der Waals surface area (Å²) in [6.45, 7) is 1.29. The molecule has 1 aliphatic carbocycles. The standard InChI is InChI=1S/C17H20BrN3O2/c18-12-9-14-13(20-10-12)1-2-15(22)21(14)8-7-17-5-3-16(19,4-6-17)11-23-17/h1-2,9-10H,3-8,11,19H2. The van der Waals surface area contributed by atoms with E-state index in [-0.39, 0.29) is 16.7 Å². The predicted molar refractivity (Wildman–Crippen MR) is 92.4 cm³/mol. The zero-order chi connectivity index (χ0) is 16.1. The zero-order valence-corrected chi connectivity index (χ0v) is 14.5. The van der Waals surface area contributed by atoms with Gasteiger partial charge in [-0.3, -0.25) is 9.78 Å². The van der Waals surface area contributed by atoms with Gasteiger partial charge in [-0.1, -0.05) is 0 Å². The zero-order valence-electron chi connectivity index (χ0n) is 12.9. The number of fused-ring (bicyclic) bond motifs is 4. The molecule has 3 aliphatic rings. The molecule has 2 aromatic rings. The van der Waals surface area contributed by atoms with Gasteiger partial charge in [0.15, 0.2) is 0 Å². The maximum absolute atomic E-state index is 12.3. The molecular weight excluding hydrogens is 358 g/mol. The van der Waals surface area contributed by atoms with Crippen LogP contribution >= 0.6 is 15.9 Å². The Morgan fingerprint density at radius 1 is 1.30 bits per heavy atom. The van der Waals surface area contributed by atoms with E-state index in [1.165, 1.54) is 0 Å². The molecule has 122 valence electrons. The highest BCUT2D eigenvalue weighted by Gasteiger charge is 2.47. The monoisotopic (exact) mass is 377 g/mol. The maximum atomic E-state index is 12.3. The molecule has 6 heteroatoms. The average molecular weight is 378 g/mol. The van der Waals surface area contributed by atoms with Crippen molar-refractivity contribution in [1.82, 2.24) is 9.55 Å². The summed E-state index contributed by atoms with van der Waals surface area (Å²) in [6, 6.07) is 5.32. The lowest BCUT2D eigenvalue weighted by molar-refractivity contribution is -0.157. The van der Waals surface area contributed by atoms with E-state index in [2.05, 4.69) is 20.9 Å². The highest BCUT2D eigenvalue weighted by molar-refractivity contribution is 9.10. The van der Waals surface area contributed by atoms with Crippen LogP contribution in [0.2, 0.25) is 0 Å². The number of ether oxygens (including phenoxy) is 1. The number of hydrogen-bond acceptors (Lipinski definition) is 4. The van der Waals surface area contributed by atoms with Crippen LogP contribution in [-0.4, -0.2) is 27.3 Å². The molecule has 4 heterocycles. The van der Waals surface area contributed by atoms with Gasteiger partial charge in [-0.25, -0.2) is 0 Å². The van der Waals surface area contributed by atoms with Crippen LogP contribution in [0.3, 0.4) is 0 Å². The van der Waals surface area contributed by atoms with Gasteiger partial charge in [0, 0.05) is 28.8 Å². The molecule has 5 nitrogen and oxygen atoms in total. The summed E-state index contributed by atoms with van der Waals surface area (Å²) in [4.78, 5) is 16.7. The van der Waals surface area contributed by atoms with Crippen molar-refractivity contribution >= 4 is 27.0 Å². The molecule has 0 unspecified atom stereocenters. The van der Waals surface area contributed by atoms with Crippen molar-refractivity contribution < 1.29 is 4.74 Å². The fraction of sp³-hybridized carbons (Fsp3) is 0.529. The fourth-order valence-corrected chi connectivity index (χ4v) is 4.12. The molecule has 2 N–H and O–H groups in total. The first-order valence-electron chi connectivity index (χ1n) is 8.07. The van der Waals surface area contributed by atoms with Gasteiger partial charge in [0.1, 0.15) is 0 Å². The summed E-state index contributed by atoms with van der Waals surface area (Å²) in [7, 11) is 0. The number of halogens is 1. The minimum atomic E-state index is -0.118. The number of nitrogens with two attached hydrogens (primary N) is 1. The molecule has 0 amide bonds. The van der Waals surface area contributed by atoms with Crippen molar-refractivity contribution in [1.29, 1.82) is 0 Å². The third-order valence-electron chi connectivity index (χ3n) is 5.42. The summed E-state index contributed by atoms with van der Waals surface area (Å²) in [6.07, 6.45) is 6.61. The lowest BCUT2D eigenvalue weighted by atomic mass is 9.70. The Balaban J connectivity index is 1.62. The summed E-state index contributed by atoms with van der Waals surface area (Å²) in [5.74, 6) is 0. The molecule has 0 spiro atoms. The molecule has 2 bridgehead atoms. The van der Waals surface area contributed by atoms with E-state index in [9.17, 15) is 4.79 Å². The Kier molecular flexibility index (Phi) is 3.59. The Morgan fingerprint density at radius 3 is 2.78 bits per heavy atom. The Morgan fingerprint density at radius 2 is 2.09 bits per heavy atom. The minimum Gasteiger partial charge on any atom is -0.373 e. The Bertz CT molecular complexity index is 793. The van der Waals surface area contributed by atoms with Gasteiger partial charge < -0.3 is 15.0 Å². The molecule has 5 rings (SSSR count). The van der Waals surface area contributed by atoms with Gasteiger partial charge in [0.25, 0.3) is 5.56 Å². The number of aromatic nitrogens is 2. The van der Waals surface area contributed by atoms with Crippen LogP contribution in [0.1, 0.15) is 32.1 Å². The second-order valence-corrected chi connectivity index (χ2v) is 7.88. The van der Waals surface area contributed by atoms with Crippen molar-refractivity contribution in [3.63, 3.8) is 0 Å². The molecule has 2 aromatic heterocycles. The quantitative estimate of drug-likeness (QED) is 0.892. The molecular formula is C17H20BrN3O2. The first kappa shape index (κ1) is 15.3. The number of aryl methyl sites for hydroxylation is 1. The first-order chi connectivity index (χ1) is 11.0. The van der Waals surface area contributed by atoms with E-state index in [0.29, 0.717) is 13.2 Å². The number of hydrogen-bond donors (Lipinski definition) is 1. The van der Waals surface area contributed by atoms with Gasteiger partial charge in [0.05, 0.1) is 23.2 Å². The smallest absolute Gasteiger partial charge is 0.251 e. The molecule has 0 aromatic carbocycles. The average Bonchev–Trinajstić information content (AvgIpc) is 2.55. The van der Waals surface area contributed by atoms with E-state index < -0.39 is 0 Å². The van der Waals surface area contributed by atoms with Crippen molar-refractivity contribution in [3.8, 4) is 0 Å². The van der Waals surface area contributed by atoms with Crippen molar-refractivity contribution in [2.24, 2.45) is 5.73 Å². The molecule has 3 fully saturated rings. The molecule has 23 heavy (non-hydrogen) atoms. The van der Waals surface area contributed by atoms with Gasteiger partial charge in [-0.2, -0.15) is 0 Å². The van der Waals surface area contributed by atoms with Gasteiger partial charge in [-0.05, 0) is 60.2 Å². The predicted octanol–water partition coefficient (Wildman–Crippen LogP) is 2.59. The van der Waals surface area contributed by atoms with Crippen LogP contribution < -0.4 is 11.3 Å². The normalized spacial score (nSPS) is 30.0. The third-order valence-corrected chi connectivity index (χ3v) is 5.85. The Labute approximate surface area is 143 Å². The lowest BCUT2D eigenvalue weighted by Crippen LogP contribution is -2.59. The topological polar surface area (TPSA) is 70.1 Å². The number of rotatable bonds is 3. The van der Waals surface area contributed by atoms with E-state index in [1.54, 1.807) is 18.3 Å². The summed E-state index contributed by atoms with van der Waals surface area (Å²) in [5, 5.41) is 0. The first-order valence-corrected chi connectivity index (χ1v) is 8.86. The van der Waals surface area contributed by atoms with Crippen LogP contribution in [0.4, 0.5) is 0 Å². The van der Waals surface area contributed by atoms with E-state index >= 15 is 0 Å². The third kappa shape index (κ3) is 2.73. The van der Waals surface area contributed by atoms with Crippen LogP contribution in [0, 0.1) is 0 Å². The van der Waals surface area contributed by atoms with E-state index in [1.807, 2.05) is 10.6 Å². The number of pyridine rings is 2. The summed E-state index contributed by atoms with van der Waals surface area (Å²) >= 11 is 3.44. The van der Waals surface area contributed by atoms with Crippen molar-refractivity contribution in [2.75, 3.05) is 6.61 Å². The van der Waals surface area contributed by atoms with Crippen molar-refractivity contribution in [2.45, 2.75) is 49.8 Å². The van der Waals surface area contributed by atoms with Crippen LogP contribution in [-0.2, 0) is 11.3 Å². The van der Waals surface area contributed by atoms with Crippen LogP contribution in [0.15, 0.2) is 33.7 Å². The molecule has 0 radical (unpaired) electrons. The second-order valence-electron chi connectivity index (χ2n) is 6.97. The summed E-state index contributed by atoms with van der Waals surface area (Å²) < 4.78 is 8.79. The lowest BCUT2D eigenvalue weighted by Gasteiger charge is -2.51. The highest BCUT2D eigenvalue weighted by atomic mass is 79.9. The molecule has 2 aliphatic heterocycles. The van der Waals surface area contributed by atoms with Gasteiger partial charge >= 0.3 is 0 Å². The fourth-order valence-electron chi connectivity index (χ4n) is 3.80. The van der Waals surface area contributed by atoms with Crippen molar-refractivity contribution in [3.05, 3.63) is 39.2 Å². The summed E-state index contributed by atoms with van der Waals surface area (Å²) in [5.41, 5.74) is 7.76. The number of nitrogens with zero attached hydrogens (tertiary/aromatic N) is 2. The molecule has 0 atom stereocenters. The maximum Gasteiger partial charge on any atom is 0.251 e. The van der Waals surface area contributed by atoms with Gasteiger partial charge in [-0.15, -0.1) is 0 Å². The highest BCUT2D eigenvalue weighted by Crippen LogP contribution is 2.44. The van der Waals surface area contributed by atoms with Crippen LogP contribution in [0.25, 0.3) is 11.0 Å². The molecule has 1 saturated carbocycles. The minimum absolute atomic E-state index is 0.00795. The van der Waals surface area contributed by atoms with Crippen LogP contribution in [0.5, 0.6) is 0 Å². The second kappa shape index (κ2) is 5.40. The Hall–Kier alpha value is -1.24. The van der Waals surface area contributed by atoms with E-state index in [4.69, 9.17) is 10.5 Å². The largest absolute Gasteiger partial charge is 0.373 e. The van der Waals surface area contributed by atoms with Gasteiger partial charge in [0.2, 0.25) is 0 Å². The SMILES string of the molecule is NC12CCC(CCn3c(=O)ccc4ncc(Br)cc43)(CC1)OC2.